The fraction of sp³-hybridized carbons (Fsp3) is 0.273. The smallest absolute Gasteiger partial charge is 0.268 e. The van der Waals surface area contributed by atoms with E-state index in [2.05, 4.69) is 10.3 Å². The molecule has 7 heteroatoms. The third-order valence-electron chi connectivity index (χ3n) is 5.31. The lowest BCUT2D eigenvalue weighted by Gasteiger charge is -2.42. The van der Waals surface area contributed by atoms with Crippen LogP contribution in [-0.2, 0) is 11.2 Å². The average molecular weight is 412 g/mol. The summed E-state index contributed by atoms with van der Waals surface area (Å²) in [6, 6.07) is 15.9. The quantitative estimate of drug-likeness (QED) is 0.521. The third kappa shape index (κ3) is 4.34. The number of H-pyrrole nitrogens is 1. The van der Waals surface area contributed by atoms with Crippen LogP contribution in [0.1, 0.15) is 16.1 Å². The van der Waals surface area contributed by atoms with Crippen molar-refractivity contribution in [1.82, 2.24) is 15.2 Å². The second kappa shape index (κ2) is 8.37. The largest absolute Gasteiger partial charge is 0.390 e. The number of nitrogens with one attached hydrogen (secondary N) is 2. The van der Waals surface area contributed by atoms with Crippen LogP contribution in [0.3, 0.4) is 0 Å². The first-order valence-electron chi connectivity index (χ1n) is 9.54. The van der Waals surface area contributed by atoms with Gasteiger partial charge < -0.3 is 20.2 Å². The molecular weight excluding hydrogens is 390 g/mol. The first-order chi connectivity index (χ1) is 14.0. The van der Waals surface area contributed by atoms with Crippen molar-refractivity contribution in [3.63, 3.8) is 0 Å². The Morgan fingerprint density at radius 1 is 1.24 bits per heavy atom. The summed E-state index contributed by atoms with van der Waals surface area (Å²) in [7, 11) is 0. The summed E-state index contributed by atoms with van der Waals surface area (Å²) in [5, 5.41) is 14.1. The van der Waals surface area contributed by atoms with Crippen molar-refractivity contribution in [2.24, 2.45) is 0 Å². The second-order valence-electron chi connectivity index (χ2n) is 7.42. The normalized spacial score (nSPS) is 16.9. The Hall–Kier alpha value is -2.67. The zero-order chi connectivity index (χ0) is 20.4. The molecule has 1 aromatic heterocycles. The lowest BCUT2D eigenvalue weighted by Crippen LogP contribution is -2.62. The molecule has 29 heavy (non-hydrogen) atoms. The van der Waals surface area contributed by atoms with Crippen molar-refractivity contribution in [2.75, 3.05) is 13.1 Å². The molecule has 1 fully saturated rings. The van der Waals surface area contributed by atoms with Gasteiger partial charge in [-0.05, 0) is 36.2 Å². The van der Waals surface area contributed by atoms with Crippen molar-refractivity contribution in [1.29, 1.82) is 0 Å². The lowest BCUT2D eigenvalue weighted by atomic mass is 9.96. The number of hydrogen-bond donors (Lipinski definition) is 3. The molecule has 3 aromatic rings. The molecule has 4 rings (SSSR count). The topological polar surface area (TPSA) is 85.4 Å². The molecule has 1 aliphatic rings. The Balaban J connectivity index is 1.57. The molecule has 0 saturated carbocycles. The zero-order valence-electron chi connectivity index (χ0n) is 15.7. The molecule has 1 aliphatic heterocycles. The van der Waals surface area contributed by atoms with Gasteiger partial charge in [-0.1, -0.05) is 41.9 Å². The number of carbonyl (C=O) groups is 2. The predicted molar refractivity (Wildman–Crippen MR) is 112 cm³/mol. The average Bonchev–Trinajstić information content (AvgIpc) is 3.11. The SMILES string of the molecule is O=CC(C(Cc1ccccc1)NC(=O)c1cc2cc(Cl)ccc2[nH]1)N1CC(O)C1. The van der Waals surface area contributed by atoms with Crippen LogP contribution in [-0.4, -0.2) is 58.5 Å². The van der Waals surface area contributed by atoms with E-state index in [1.807, 2.05) is 41.3 Å². The fourth-order valence-electron chi connectivity index (χ4n) is 3.76. The standard InChI is InChI=1S/C22H22ClN3O3/c23-16-6-7-18-15(9-16)10-20(24-18)22(29)25-19(8-14-4-2-1-3-5-14)21(13-27)26-11-17(28)12-26/h1-7,9-10,13,17,19,21,24,28H,8,11-12H2,(H,25,29). The number of aromatic nitrogens is 1. The van der Waals surface area contributed by atoms with Crippen LogP contribution in [0.25, 0.3) is 10.9 Å². The Kier molecular flexibility index (Phi) is 5.67. The summed E-state index contributed by atoms with van der Waals surface area (Å²) in [6.07, 6.45) is 0.934. The van der Waals surface area contributed by atoms with E-state index in [9.17, 15) is 14.7 Å². The van der Waals surface area contributed by atoms with E-state index in [1.165, 1.54) is 0 Å². The third-order valence-corrected chi connectivity index (χ3v) is 5.54. The van der Waals surface area contributed by atoms with E-state index < -0.39 is 18.2 Å². The van der Waals surface area contributed by atoms with E-state index >= 15 is 0 Å². The maximum absolute atomic E-state index is 13.0. The van der Waals surface area contributed by atoms with E-state index in [-0.39, 0.29) is 5.91 Å². The summed E-state index contributed by atoms with van der Waals surface area (Å²) in [5.41, 5.74) is 2.25. The molecule has 3 N–H and O–H groups in total. The van der Waals surface area contributed by atoms with Crippen molar-refractivity contribution >= 4 is 34.7 Å². The maximum Gasteiger partial charge on any atom is 0.268 e. The van der Waals surface area contributed by atoms with Gasteiger partial charge in [0.05, 0.1) is 18.2 Å². The van der Waals surface area contributed by atoms with E-state index in [0.717, 1.165) is 22.8 Å². The molecule has 0 radical (unpaired) electrons. The zero-order valence-corrected chi connectivity index (χ0v) is 16.5. The number of halogens is 1. The molecule has 1 amide bonds. The minimum atomic E-state index is -0.513. The van der Waals surface area contributed by atoms with Gasteiger partial charge in [0.25, 0.3) is 5.91 Å². The van der Waals surface area contributed by atoms with Crippen LogP contribution in [0.15, 0.2) is 54.6 Å². The summed E-state index contributed by atoms with van der Waals surface area (Å²) >= 11 is 6.03. The molecule has 0 aliphatic carbocycles. The molecule has 0 bridgehead atoms. The molecule has 1 saturated heterocycles. The number of amides is 1. The highest BCUT2D eigenvalue weighted by molar-refractivity contribution is 6.31. The van der Waals surface area contributed by atoms with Gasteiger partial charge in [-0.25, -0.2) is 0 Å². The van der Waals surface area contributed by atoms with Gasteiger partial charge in [-0.3, -0.25) is 9.69 Å². The van der Waals surface area contributed by atoms with Crippen LogP contribution in [0, 0.1) is 0 Å². The van der Waals surface area contributed by atoms with Crippen LogP contribution < -0.4 is 5.32 Å². The van der Waals surface area contributed by atoms with Crippen LogP contribution in [0.5, 0.6) is 0 Å². The number of aldehydes is 1. The summed E-state index contributed by atoms with van der Waals surface area (Å²) in [4.78, 5) is 29.8. The highest BCUT2D eigenvalue weighted by Gasteiger charge is 2.36. The second-order valence-corrected chi connectivity index (χ2v) is 7.86. The number of nitrogens with zero attached hydrogens (tertiary/aromatic N) is 1. The molecule has 2 unspecified atom stereocenters. The maximum atomic E-state index is 13.0. The molecule has 2 heterocycles. The molecule has 150 valence electrons. The number of benzene rings is 2. The lowest BCUT2D eigenvalue weighted by molar-refractivity contribution is -0.118. The first-order valence-corrected chi connectivity index (χ1v) is 9.92. The number of fused-ring (bicyclic) bond motifs is 1. The van der Waals surface area contributed by atoms with E-state index in [1.54, 1.807) is 18.2 Å². The van der Waals surface area contributed by atoms with Crippen molar-refractivity contribution in [2.45, 2.75) is 24.6 Å². The van der Waals surface area contributed by atoms with E-state index in [4.69, 9.17) is 11.6 Å². The molecule has 2 aromatic carbocycles. The molecule has 6 nitrogen and oxygen atoms in total. The number of likely N-dealkylation sites (tertiary alicyclic amines) is 1. The number of hydrogen-bond acceptors (Lipinski definition) is 4. The van der Waals surface area contributed by atoms with Gasteiger partial charge in [-0.15, -0.1) is 0 Å². The first kappa shape index (κ1) is 19.6. The van der Waals surface area contributed by atoms with Gasteiger partial charge in [-0.2, -0.15) is 0 Å². The number of aliphatic hydroxyl groups is 1. The van der Waals surface area contributed by atoms with Crippen LogP contribution in [0.2, 0.25) is 5.02 Å². The highest BCUT2D eigenvalue weighted by Crippen LogP contribution is 2.21. The van der Waals surface area contributed by atoms with Gasteiger partial charge in [0.15, 0.2) is 0 Å². The van der Waals surface area contributed by atoms with Crippen LogP contribution >= 0.6 is 11.6 Å². The summed E-state index contributed by atoms with van der Waals surface area (Å²) in [6.45, 7) is 0.852. The number of aliphatic hydroxyl groups excluding tert-OH is 1. The Labute approximate surface area is 173 Å². The fourth-order valence-corrected chi connectivity index (χ4v) is 3.94. The number of β-amino-alcohol motifs (C(OH)–C–C–N with tert-alkyl or cyclic N) is 1. The molecule has 2 atom stereocenters. The van der Waals surface area contributed by atoms with Crippen molar-refractivity contribution in [3.05, 3.63) is 70.9 Å². The Bertz CT molecular complexity index is 1010. The summed E-state index contributed by atoms with van der Waals surface area (Å²) < 4.78 is 0. The minimum absolute atomic E-state index is 0.286. The van der Waals surface area contributed by atoms with Gasteiger partial charge in [0.1, 0.15) is 12.0 Å². The van der Waals surface area contributed by atoms with Crippen LogP contribution in [0.4, 0.5) is 0 Å². The number of aromatic amines is 1. The highest BCUT2D eigenvalue weighted by atomic mass is 35.5. The van der Waals surface area contributed by atoms with Gasteiger partial charge in [0, 0.05) is 29.0 Å². The van der Waals surface area contributed by atoms with Crippen molar-refractivity contribution < 1.29 is 14.7 Å². The molecular formula is C22H22ClN3O3. The Morgan fingerprint density at radius 3 is 2.69 bits per heavy atom. The minimum Gasteiger partial charge on any atom is -0.390 e. The number of rotatable bonds is 7. The van der Waals surface area contributed by atoms with Crippen molar-refractivity contribution in [3.8, 4) is 0 Å². The van der Waals surface area contributed by atoms with Gasteiger partial charge >= 0.3 is 0 Å². The number of carbonyl (C=O) groups excluding carboxylic acids is 2. The Morgan fingerprint density at radius 2 is 2.00 bits per heavy atom. The van der Waals surface area contributed by atoms with E-state index in [0.29, 0.717) is 30.2 Å². The summed E-state index contributed by atoms with van der Waals surface area (Å²) in [5.74, 6) is -0.286. The van der Waals surface area contributed by atoms with Gasteiger partial charge in [0.2, 0.25) is 0 Å². The monoisotopic (exact) mass is 411 g/mol. The predicted octanol–water partition coefficient (Wildman–Crippen LogP) is 2.41. The molecule has 0 spiro atoms.